The van der Waals surface area contributed by atoms with Crippen LogP contribution in [-0.2, 0) is 10.0 Å². The van der Waals surface area contributed by atoms with Gasteiger partial charge in [0.1, 0.15) is 0 Å². The molecule has 3 N–H and O–H groups in total. The van der Waals surface area contributed by atoms with Crippen LogP contribution in [0.2, 0.25) is 0 Å². The molecule has 0 bridgehead atoms. The number of sulfonamides is 1. The number of carbonyl (C=O) groups excluding carboxylic acids is 2. The lowest BCUT2D eigenvalue weighted by molar-refractivity contribution is 0.0505. The maximum Gasteiger partial charge on any atom is 0.275 e. The summed E-state index contributed by atoms with van der Waals surface area (Å²) in [6.45, 7) is 9.53. The summed E-state index contributed by atoms with van der Waals surface area (Å²) >= 11 is 0. The predicted molar refractivity (Wildman–Crippen MR) is 132 cm³/mol. The normalized spacial score (nSPS) is 19.5. The maximum atomic E-state index is 13.8. The summed E-state index contributed by atoms with van der Waals surface area (Å²) in [7, 11) is -3.57. The minimum atomic E-state index is -3.57. The number of rotatable bonds is 5. The van der Waals surface area contributed by atoms with Crippen LogP contribution in [0.5, 0.6) is 0 Å². The van der Waals surface area contributed by atoms with Crippen molar-refractivity contribution in [2.45, 2.75) is 53.5 Å². The van der Waals surface area contributed by atoms with E-state index in [1.807, 2.05) is 13.0 Å². The van der Waals surface area contributed by atoms with Gasteiger partial charge in [0.05, 0.1) is 29.2 Å². The summed E-state index contributed by atoms with van der Waals surface area (Å²) in [6.07, 6.45) is 2.77. The number of nitrogens with zero attached hydrogens (tertiary/aromatic N) is 3. The SMILES string of the molecule is C/C(N)=C(\C)C(=O)n1nc(C2C(C)CCCN2C(=O)c2cc(C)ccc2NS(C)(=O)=O)cc1C. The van der Waals surface area contributed by atoms with Gasteiger partial charge in [0.25, 0.3) is 11.8 Å². The molecule has 3 rings (SSSR count). The first-order valence-corrected chi connectivity index (χ1v) is 13.1. The molecule has 1 aromatic heterocycles. The number of hydrogen-bond donors (Lipinski definition) is 2. The summed E-state index contributed by atoms with van der Waals surface area (Å²) < 4.78 is 27.6. The molecule has 1 amide bonds. The van der Waals surface area contributed by atoms with Gasteiger partial charge in [0, 0.05) is 23.5 Å². The van der Waals surface area contributed by atoms with Crippen LogP contribution in [0.4, 0.5) is 5.69 Å². The van der Waals surface area contributed by atoms with Gasteiger partial charge in [-0.1, -0.05) is 18.6 Å². The van der Waals surface area contributed by atoms with Crippen LogP contribution in [0, 0.1) is 19.8 Å². The van der Waals surface area contributed by atoms with Crippen LogP contribution in [0.15, 0.2) is 35.5 Å². The van der Waals surface area contributed by atoms with E-state index in [2.05, 4.69) is 16.7 Å². The topological polar surface area (TPSA) is 127 Å². The minimum Gasteiger partial charge on any atom is -0.402 e. The van der Waals surface area contributed by atoms with Gasteiger partial charge >= 0.3 is 0 Å². The van der Waals surface area contributed by atoms with Crippen LogP contribution in [0.25, 0.3) is 0 Å². The van der Waals surface area contributed by atoms with Crippen molar-refractivity contribution in [3.63, 3.8) is 0 Å². The van der Waals surface area contributed by atoms with Crippen molar-refractivity contribution in [2.24, 2.45) is 11.7 Å². The number of aryl methyl sites for hydroxylation is 2. The monoisotopic (exact) mass is 487 g/mol. The fourth-order valence-corrected chi connectivity index (χ4v) is 4.90. The third-order valence-electron chi connectivity index (χ3n) is 6.21. The van der Waals surface area contributed by atoms with Crippen molar-refractivity contribution >= 4 is 27.5 Å². The molecule has 0 aliphatic carbocycles. The highest BCUT2D eigenvalue weighted by Crippen LogP contribution is 2.37. The molecule has 184 valence electrons. The standard InChI is InChI=1S/C24H33N5O4S/c1-14-9-10-20(27-34(6,32)33)19(12-14)24(31)28-11-7-8-15(2)22(28)21-13-16(3)29(26-21)23(30)17(4)18(5)25/h9-10,12-13,15,22,27H,7-8,11,25H2,1-6H3/b18-17-. The van der Waals surface area contributed by atoms with Gasteiger partial charge in [-0.3, -0.25) is 14.3 Å². The summed E-state index contributed by atoms with van der Waals surface area (Å²) in [5.41, 5.74) is 9.30. The molecule has 0 saturated carbocycles. The number of carbonyl (C=O) groups is 2. The number of nitrogens with two attached hydrogens (primary N) is 1. The fraction of sp³-hybridized carbons (Fsp3) is 0.458. The average Bonchev–Trinajstić information content (AvgIpc) is 3.13. The van der Waals surface area contributed by atoms with Gasteiger partial charge in [-0.2, -0.15) is 5.10 Å². The van der Waals surface area contributed by atoms with Crippen molar-refractivity contribution in [3.05, 3.63) is 58.1 Å². The lowest BCUT2D eigenvalue weighted by Crippen LogP contribution is -2.42. The summed E-state index contributed by atoms with van der Waals surface area (Å²) in [5.74, 6) is -0.484. The van der Waals surface area contributed by atoms with Crippen molar-refractivity contribution in [1.29, 1.82) is 0 Å². The molecule has 0 radical (unpaired) electrons. The number of benzene rings is 1. The van der Waals surface area contributed by atoms with Crippen molar-refractivity contribution in [3.8, 4) is 0 Å². The Labute approximate surface area is 201 Å². The van der Waals surface area contributed by atoms with E-state index in [-0.39, 0.29) is 35.0 Å². The Morgan fingerprint density at radius 2 is 1.85 bits per heavy atom. The molecule has 2 aromatic rings. The molecular weight excluding hydrogens is 454 g/mol. The zero-order valence-electron chi connectivity index (χ0n) is 20.5. The zero-order valence-corrected chi connectivity index (χ0v) is 21.4. The second-order valence-corrected chi connectivity index (χ2v) is 11.0. The van der Waals surface area contributed by atoms with Crippen molar-refractivity contribution in [2.75, 3.05) is 17.5 Å². The van der Waals surface area contributed by atoms with Crippen molar-refractivity contribution < 1.29 is 18.0 Å². The van der Waals surface area contributed by atoms with E-state index < -0.39 is 10.0 Å². The third kappa shape index (κ3) is 5.32. The molecule has 2 unspecified atom stereocenters. The van der Waals surface area contributed by atoms with Gasteiger partial charge < -0.3 is 10.6 Å². The van der Waals surface area contributed by atoms with E-state index in [4.69, 9.17) is 5.73 Å². The average molecular weight is 488 g/mol. The number of likely N-dealkylation sites (tertiary alicyclic amines) is 1. The highest BCUT2D eigenvalue weighted by Gasteiger charge is 2.36. The molecule has 1 aliphatic rings. The smallest absolute Gasteiger partial charge is 0.275 e. The molecule has 1 saturated heterocycles. The molecule has 1 aromatic carbocycles. The Morgan fingerprint density at radius 3 is 2.47 bits per heavy atom. The van der Waals surface area contributed by atoms with E-state index in [0.717, 1.165) is 24.7 Å². The molecule has 2 heterocycles. The quantitative estimate of drug-likeness (QED) is 0.623. The third-order valence-corrected chi connectivity index (χ3v) is 6.80. The Balaban J connectivity index is 2.05. The van der Waals surface area contributed by atoms with E-state index in [1.54, 1.807) is 43.9 Å². The lowest BCUT2D eigenvalue weighted by atomic mass is 9.88. The highest BCUT2D eigenvalue weighted by molar-refractivity contribution is 7.92. The molecule has 1 fully saturated rings. The Morgan fingerprint density at radius 1 is 1.18 bits per heavy atom. The summed E-state index contributed by atoms with van der Waals surface area (Å²) in [4.78, 5) is 28.4. The first-order chi connectivity index (χ1) is 15.8. The molecule has 0 spiro atoms. The first-order valence-electron chi connectivity index (χ1n) is 11.2. The minimum absolute atomic E-state index is 0.0968. The van der Waals surface area contributed by atoms with Crippen LogP contribution in [0.3, 0.4) is 0 Å². The number of hydrogen-bond acceptors (Lipinski definition) is 6. The highest BCUT2D eigenvalue weighted by atomic mass is 32.2. The number of allylic oxidation sites excluding steroid dienone is 2. The fourth-order valence-electron chi connectivity index (χ4n) is 4.32. The maximum absolute atomic E-state index is 13.8. The zero-order chi connectivity index (χ0) is 25.4. The van der Waals surface area contributed by atoms with Crippen LogP contribution in [-0.4, -0.2) is 47.7 Å². The summed E-state index contributed by atoms with van der Waals surface area (Å²) in [5, 5.41) is 4.58. The number of piperidine rings is 1. The van der Waals surface area contributed by atoms with Gasteiger partial charge in [0.2, 0.25) is 10.0 Å². The number of amides is 1. The molecule has 10 heteroatoms. The van der Waals surface area contributed by atoms with Crippen LogP contribution in [0.1, 0.15) is 71.8 Å². The van der Waals surface area contributed by atoms with E-state index in [0.29, 0.717) is 29.2 Å². The van der Waals surface area contributed by atoms with Crippen LogP contribution >= 0.6 is 0 Å². The molecule has 2 atom stereocenters. The number of anilines is 1. The number of nitrogens with one attached hydrogen (secondary N) is 1. The Bertz CT molecular complexity index is 1260. The lowest BCUT2D eigenvalue weighted by Gasteiger charge is -2.39. The van der Waals surface area contributed by atoms with Crippen LogP contribution < -0.4 is 10.5 Å². The van der Waals surface area contributed by atoms with Gasteiger partial charge in [-0.15, -0.1) is 0 Å². The van der Waals surface area contributed by atoms with E-state index in [1.165, 1.54) is 4.68 Å². The molecule has 1 aliphatic heterocycles. The summed E-state index contributed by atoms with van der Waals surface area (Å²) in [6, 6.07) is 6.53. The van der Waals surface area contributed by atoms with E-state index >= 15 is 0 Å². The van der Waals surface area contributed by atoms with Gasteiger partial charge in [-0.25, -0.2) is 13.1 Å². The molecule has 34 heavy (non-hydrogen) atoms. The molecular formula is C24H33N5O4S. The van der Waals surface area contributed by atoms with Gasteiger partial charge in [0.15, 0.2) is 0 Å². The van der Waals surface area contributed by atoms with Crippen molar-refractivity contribution in [1.82, 2.24) is 14.7 Å². The predicted octanol–water partition coefficient (Wildman–Crippen LogP) is 3.38. The molecule has 9 nitrogen and oxygen atoms in total. The Hall–Kier alpha value is -3.14. The second kappa shape index (κ2) is 9.61. The largest absolute Gasteiger partial charge is 0.402 e. The second-order valence-electron chi connectivity index (χ2n) is 9.22. The number of aromatic nitrogens is 2. The van der Waals surface area contributed by atoms with Gasteiger partial charge in [-0.05, 0) is 64.7 Å². The Kier molecular flexibility index (Phi) is 7.21. The van der Waals surface area contributed by atoms with E-state index in [9.17, 15) is 18.0 Å². The first kappa shape index (κ1) is 25.5.